The highest BCUT2D eigenvalue weighted by Gasteiger charge is 2.18. The van der Waals surface area contributed by atoms with Crippen molar-refractivity contribution in [1.82, 2.24) is 20.4 Å². The highest BCUT2D eigenvalue weighted by molar-refractivity contribution is 4.77. The van der Waals surface area contributed by atoms with E-state index in [1.807, 2.05) is 0 Å². The zero-order chi connectivity index (χ0) is 12.8. The summed E-state index contributed by atoms with van der Waals surface area (Å²) < 4.78 is 0. The van der Waals surface area contributed by atoms with E-state index in [2.05, 4.69) is 34.4 Å². The fraction of sp³-hybridized carbons (Fsp3) is 1.00. The van der Waals surface area contributed by atoms with E-state index in [1.165, 1.54) is 45.6 Å². The van der Waals surface area contributed by atoms with Crippen LogP contribution >= 0.6 is 0 Å². The number of piperidine rings is 1. The van der Waals surface area contributed by atoms with Crippen molar-refractivity contribution in [2.75, 3.05) is 59.4 Å². The molecule has 2 N–H and O–H groups in total. The van der Waals surface area contributed by atoms with E-state index < -0.39 is 0 Å². The summed E-state index contributed by atoms with van der Waals surface area (Å²) in [5.74, 6) is 0.899. The Morgan fingerprint density at radius 3 is 2.50 bits per heavy atom. The van der Waals surface area contributed by atoms with E-state index in [1.54, 1.807) is 0 Å². The van der Waals surface area contributed by atoms with Crippen molar-refractivity contribution in [1.29, 1.82) is 0 Å². The summed E-state index contributed by atoms with van der Waals surface area (Å²) >= 11 is 0. The molecule has 0 amide bonds. The molecular weight excluding hydrogens is 224 g/mol. The molecule has 1 atom stereocenters. The molecule has 0 aromatic carbocycles. The maximum absolute atomic E-state index is 3.69. The minimum Gasteiger partial charge on any atom is -0.315 e. The minimum absolute atomic E-state index is 0.679. The second kappa shape index (κ2) is 7.43. The van der Waals surface area contributed by atoms with Crippen molar-refractivity contribution >= 4 is 0 Å². The highest BCUT2D eigenvalue weighted by Crippen LogP contribution is 2.14. The van der Waals surface area contributed by atoms with Crippen LogP contribution < -0.4 is 10.6 Å². The van der Waals surface area contributed by atoms with Crippen LogP contribution in [0.1, 0.15) is 19.8 Å². The Morgan fingerprint density at radius 2 is 1.83 bits per heavy atom. The van der Waals surface area contributed by atoms with Crippen LogP contribution in [-0.4, -0.2) is 75.2 Å². The Balaban J connectivity index is 1.56. The van der Waals surface area contributed by atoms with Gasteiger partial charge in [0.1, 0.15) is 0 Å². The van der Waals surface area contributed by atoms with Gasteiger partial charge >= 0.3 is 0 Å². The molecule has 0 aromatic rings. The van der Waals surface area contributed by atoms with Crippen LogP contribution in [0, 0.1) is 5.92 Å². The van der Waals surface area contributed by atoms with Crippen LogP contribution in [0.3, 0.4) is 0 Å². The average molecular weight is 254 g/mol. The first kappa shape index (κ1) is 14.3. The second-order valence-electron chi connectivity index (χ2n) is 6.04. The van der Waals surface area contributed by atoms with E-state index in [4.69, 9.17) is 0 Å². The van der Waals surface area contributed by atoms with Gasteiger partial charge in [0.25, 0.3) is 0 Å². The Hall–Kier alpha value is -0.160. The molecule has 0 bridgehead atoms. The predicted molar refractivity (Wildman–Crippen MR) is 77.0 cm³/mol. The summed E-state index contributed by atoms with van der Waals surface area (Å²) in [6.07, 6.45) is 2.73. The van der Waals surface area contributed by atoms with Gasteiger partial charge in [-0.15, -0.1) is 0 Å². The second-order valence-corrected chi connectivity index (χ2v) is 6.04. The highest BCUT2D eigenvalue weighted by atomic mass is 15.2. The monoisotopic (exact) mass is 254 g/mol. The van der Waals surface area contributed by atoms with Crippen LogP contribution in [0.15, 0.2) is 0 Å². The van der Waals surface area contributed by atoms with Gasteiger partial charge in [0.05, 0.1) is 0 Å². The molecule has 2 aliphatic rings. The summed E-state index contributed by atoms with van der Waals surface area (Å²) in [4.78, 5) is 5.04. The van der Waals surface area contributed by atoms with E-state index in [0.717, 1.165) is 25.6 Å². The number of rotatable bonds is 5. The number of hydrogen-bond acceptors (Lipinski definition) is 4. The molecule has 18 heavy (non-hydrogen) atoms. The van der Waals surface area contributed by atoms with Gasteiger partial charge in [-0.05, 0) is 52.4 Å². The molecule has 0 aromatic heterocycles. The molecule has 0 saturated carbocycles. The zero-order valence-corrected chi connectivity index (χ0v) is 12.1. The Labute approximate surface area is 112 Å². The zero-order valence-electron chi connectivity index (χ0n) is 12.1. The average Bonchev–Trinajstić information content (AvgIpc) is 2.42. The van der Waals surface area contributed by atoms with Crippen molar-refractivity contribution in [3.05, 3.63) is 0 Å². The Bertz CT molecular complexity index is 220. The normalized spacial score (nSPS) is 26.3. The third-order valence-corrected chi connectivity index (χ3v) is 4.49. The van der Waals surface area contributed by atoms with E-state index in [0.29, 0.717) is 6.04 Å². The molecule has 0 radical (unpaired) electrons. The van der Waals surface area contributed by atoms with Gasteiger partial charge < -0.3 is 15.5 Å². The molecule has 4 nitrogen and oxygen atoms in total. The Morgan fingerprint density at radius 1 is 1.17 bits per heavy atom. The lowest BCUT2D eigenvalue weighted by Gasteiger charge is -2.34. The summed E-state index contributed by atoms with van der Waals surface area (Å²) in [5, 5.41) is 7.10. The van der Waals surface area contributed by atoms with Gasteiger partial charge in [0.15, 0.2) is 0 Å². The molecule has 2 saturated heterocycles. The lowest BCUT2D eigenvalue weighted by molar-refractivity contribution is 0.174. The third-order valence-electron chi connectivity index (χ3n) is 4.49. The molecular formula is C14H30N4. The van der Waals surface area contributed by atoms with Crippen molar-refractivity contribution < 1.29 is 0 Å². The molecule has 2 fully saturated rings. The first-order chi connectivity index (χ1) is 8.75. The van der Waals surface area contributed by atoms with Gasteiger partial charge in [-0.25, -0.2) is 0 Å². The lowest BCUT2D eigenvalue weighted by Crippen LogP contribution is -2.50. The van der Waals surface area contributed by atoms with Crippen LogP contribution in [0.25, 0.3) is 0 Å². The first-order valence-corrected chi connectivity index (χ1v) is 7.59. The van der Waals surface area contributed by atoms with Gasteiger partial charge in [-0.2, -0.15) is 0 Å². The van der Waals surface area contributed by atoms with E-state index >= 15 is 0 Å². The van der Waals surface area contributed by atoms with E-state index in [-0.39, 0.29) is 0 Å². The summed E-state index contributed by atoms with van der Waals surface area (Å²) in [5.41, 5.74) is 0. The van der Waals surface area contributed by atoms with Crippen LogP contribution in [0.4, 0.5) is 0 Å². The molecule has 0 aliphatic carbocycles. The van der Waals surface area contributed by atoms with Gasteiger partial charge in [-0.1, -0.05) is 0 Å². The molecule has 4 heteroatoms. The number of hydrogen-bond donors (Lipinski definition) is 2. The standard InChI is InChI=1S/C14H30N4/c1-13(18-9-5-15-6-10-18)11-16-12-14-3-7-17(2)8-4-14/h13-16H,3-12H2,1-2H3. The van der Waals surface area contributed by atoms with Gasteiger partial charge in [-0.3, -0.25) is 4.90 Å². The lowest BCUT2D eigenvalue weighted by atomic mass is 9.97. The molecule has 2 rings (SSSR count). The summed E-state index contributed by atoms with van der Waals surface area (Å²) in [6.45, 7) is 12.0. The van der Waals surface area contributed by atoms with Crippen molar-refractivity contribution in [3.63, 3.8) is 0 Å². The topological polar surface area (TPSA) is 30.5 Å². The van der Waals surface area contributed by atoms with Crippen molar-refractivity contribution in [2.24, 2.45) is 5.92 Å². The molecule has 2 heterocycles. The van der Waals surface area contributed by atoms with Gasteiger partial charge in [0, 0.05) is 38.8 Å². The van der Waals surface area contributed by atoms with Crippen LogP contribution in [-0.2, 0) is 0 Å². The third kappa shape index (κ3) is 4.50. The largest absolute Gasteiger partial charge is 0.315 e. The van der Waals surface area contributed by atoms with Crippen molar-refractivity contribution in [2.45, 2.75) is 25.8 Å². The van der Waals surface area contributed by atoms with Crippen molar-refractivity contribution in [3.8, 4) is 0 Å². The summed E-state index contributed by atoms with van der Waals surface area (Å²) in [7, 11) is 2.23. The Kier molecular flexibility index (Phi) is 5.89. The molecule has 2 aliphatic heterocycles. The SMILES string of the molecule is CC(CNCC1CCN(C)CC1)N1CCNCC1. The quantitative estimate of drug-likeness (QED) is 0.734. The number of nitrogens with one attached hydrogen (secondary N) is 2. The number of nitrogens with zero attached hydrogens (tertiary/aromatic N) is 2. The fourth-order valence-corrected chi connectivity index (χ4v) is 3.01. The van der Waals surface area contributed by atoms with E-state index in [9.17, 15) is 0 Å². The first-order valence-electron chi connectivity index (χ1n) is 7.59. The summed E-state index contributed by atoms with van der Waals surface area (Å²) in [6, 6.07) is 0.679. The maximum atomic E-state index is 3.69. The predicted octanol–water partition coefficient (Wildman–Crippen LogP) is 0.212. The van der Waals surface area contributed by atoms with Gasteiger partial charge in [0.2, 0.25) is 0 Å². The molecule has 1 unspecified atom stereocenters. The molecule has 106 valence electrons. The van der Waals surface area contributed by atoms with Crippen LogP contribution in [0.5, 0.6) is 0 Å². The minimum atomic E-state index is 0.679. The molecule has 0 spiro atoms. The van der Waals surface area contributed by atoms with Crippen LogP contribution in [0.2, 0.25) is 0 Å². The fourth-order valence-electron chi connectivity index (χ4n) is 3.01. The number of piperazine rings is 1. The number of likely N-dealkylation sites (tertiary alicyclic amines) is 1. The smallest absolute Gasteiger partial charge is 0.0193 e. The maximum Gasteiger partial charge on any atom is 0.0193 e.